The van der Waals surface area contributed by atoms with E-state index >= 15 is 0 Å². The van der Waals surface area contributed by atoms with Gasteiger partial charge in [-0.25, -0.2) is 0 Å². The summed E-state index contributed by atoms with van der Waals surface area (Å²) in [7, 11) is 4.29. The van der Waals surface area contributed by atoms with Crippen molar-refractivity contribution < 1.29 is 36.9 Å². The summed E-state index contributed by atoms with van der Waals surface area (Å²) < 4.78 is 60.7. The molecule has 0 spiro atoms. The number of rotatable bonds is 12. The quantitative estimate of drug-likeness (QED) is 0.261. The molecule has 264 valence electrons. The lowest BCUT2D eigenvalue weighted by Crippen LogP contribution is -2.67. The van der Waals surface area contributed by atoms with Crippen LogP contribution in [0.3, 0.4) is 0 Å². The van der Waals surface area contributed by atoms with Crippen LogP contribution in [0, 0.1) is 0 Å². The molecule has 10 nitrogen and oxygen atoms in total. The number of ether oxygens (including phenoxy) is 4. The zero-order valence-corrected chi connectivity index (χ0v) is 28.7. The minimum absolute atomic E-state index is 0. The van der Waals surface area contributed by atoms with Gasteiger partial charge in [-0.1, -0.05) is 60.7 Å². The summed E-state index contributed by atoms with van der Waals surface area (Å²) in [6.45, 7) is 1.92. The van der Waals surface area contributed by atoms with E-state index in [0.29, 0.717) is 51.3 Å². The second-order valence-electron chi connectivity index (χ2n) is 11.4. The highest BCUT2D eigenvalue weighted by Gasteiger charge is 2.43. The van der Waals surface area contributed by atoms with Crippen LogP contribution in [0.25, 0.3) is 0 Å². The SMILES string of the molecule is COCCC(=O)N1CCN2[C@H](CN(Cc3c(OC)nc(OC)nc3OCC(F)(F)F)C[C@H]2C(c2ccccc2)c2ccccc2)C1.Cl.Cl. The van der Waals surface area contributed by atoms with Crippen LogP contribution < -0.4 is 14.2 Å². The van der Waals surface area contributed by atoms with E-state index in [1.165, 1.54) is 14.2 Å². The highest BCUT2D eigenvalue weighted by atomic mass is 35.5. The van der Waals surface area contributed by atoms with Crippen molar-refractivity contribution in [2.75, 3.05) is 67.3 Å². The number of piperazine rings is 2. The monoisotopic (exact) mass is 715 g/mol. The molecular weight excluding hydrogens is 674 g/mol. The number of nitrogens with zero attached hydrogens (tertiary/aromatic N) is 5. The van der Waals surface area contributed by atoms with Crippen molar-refractivity contribution in [1.29, 1.82) is 0 Å². The number of hydrogen-bond donors (Lipinski definition) is 0. The van der Waals surface area contributed by atoms with Gasteiger partial charge >= 0.3 is 12.2 Å². The van der Waals surface area contributed by atoms with Gasteiger partial charge in [-0.15, -0.1) is 24.8 Å². The van der Waals surface area contributed by atoms with Gasteiger partial charge < -0.3 is 23.8 Å². The summed E-state index contributed by atoms with van der Waals surface area (Å²) >= 11 is 0. The fraction of sp³-hybridized carbons (Fsp3) is 0.485. The van der Waals surface area contributed by atoms with E-state index in [-0.39, 0.29) is 73.0 Å². The van der Waals surface area contributed by atoms with Crippen LogP contribution >= 0.6 is 24.8 Å². The van der Waals surface area contributed by atoms with Crippen LogP contribution in [0.1, 0.15) is 29.0 Å². The molecule has 48 heavy (non-hydrogen) atoms. The standard InChI is InChI=1S/C33H40F3N5O5.2ClH/c1-43-17-14-28(42)40-15-16-41-25(19-40)18-39(20-26-30(44-2)37-32(45-3)38-31(26)46-22-33(34,35)36)21-27(41)29(23-10-6-4-7-11-23)24-12-8-5-9-13-24;;/h4-13,25,27,29H,14-22H2,1-3H3;2*1H/t25-,27+;;/m1../s1. The Bertz CT molecular complexity index is 1400. The molecule has 2 aliphatic rings. The zero-order valence-electron chi connectivity index (χ0n) is 27.1. The molecule has 0 radical (unpaired) electrons. The number of amides is 1. The van der Waals surface area contributed by atoms with Gasteiger partial charge in [0.15, 0.2) is 6.61 Å². The van der Waals surface area contributed by atoms with Crippen molar-refractivity contribution in [3.63, 3.8) is 0 Å². The first-order chi connectivity index (χ1) is 22.2. The lowest BCUT2D eigenvalue weighted by Gasteiger charge is -2.53. The number of carbonyl (C=O) groups excluding carboxylic acids is 1. The fourth-order valence-electron chi connectivity index (χ4n) is 6.48. The van der Waals surface area contributed by atoms with E-state index in [4.69, 9.17) is 18.9 Å². The van der Waals surface area contributed by atoms with Gasteiger partial charge in [-0.3, -0.25) is 14.6 Å². The topological polar surface area (TPSA) is 89.5 Å². The highest BCUT2D eigenvalue weighted by Crippen LogP contribution is 2.38. The number of fused-ring (bicyclic) bond motifs is 1. The van der Waals surface area contributed by atoms with Crippen LogP contribution in [0.15, 0.2) is 60.7 Å². The van der Waals surface area contributed by atoms with Gasteiger partial charge in [0.25, 0.3) is 0 Å². The Labute approximate surface area is 291 Å². The van der Waals surface area contributed by atoms with Crippen molar-refractivity contribution in [2.24, 2.45) is 0 Å². The Morgan fingerprint density at radius 3 is 2.06 bits per heavy atom. The second kappa shape index (κ2) is 17.9. The first kappa shape index (κ1) is 39.1. The Kier molecular flexibility index (Phi) is 14.5. The predicted molar refractivity (Wildman–Crippen MR) is 179 cm³/mol. The summed E-state index contributed by atoms with van der Waals surface area (Å²) in [4.78, 5) is 28.0. The third-order valence-corrected chi connectivity index (χ3v) is 8.48. The summed E-state index contributed by atoms with van der Waals surface area (Å²) in [5.74, 6) is -0.155. The fourth-order valence-corrected chi connectivity index (χ4v) is 6.48. The number of carbonyl (C=O) groups is 1. The van der Waals surface area contributed by atoms with Crippen molar-refractivity contribution in [3.8, 4) is 17.8 Å². The van der Waals surface area contributed by atoms with Crippen LogP contribution in [0.4, 0.5) is 13.2 Å². The van der Waals surface area contributed by atoms with Gasteiger partial charge in [0.1, 0.15) is 0 Å². The predicted octanol–water partition coefficient (Wildman–Crippen LogP) is 4.84. The molecule has 15 heteroatoms. The van der Waals surface area contributed by atoms with Gasteiger partial charge in [0.05, 0.1) is 32.8 Å². The van der Waals surface area contributed by atoms with Crippen LogP contribution in [0.5, 0.6) is 17.8 Å². The third kappa shape index (κ3) is 9.63. The van der Waals surface area contributed by atoms with Crippen LogP contribution in [-0.2, 0) is 16.1 Å². The first-order valence-corrected chi connectivity index (χ1v) is 15.2. The molecule has 0 aliphatic carbocycles. The van der Waals surface area contributed by atoms with E-state index in [1.807, 2.05) is 41.3 Å². The van der Waals surface area contributed by atoms with Crippen molar-refractivity contribution in [2.45, 2.75) is 37.1 Å². The van der Waals surface area contributed by atoms with Crippen molar-refractivity contribution in [3.05, 3.63) is 77.4 Å². The maximum absolute atomic E-state index is 13.2. The normalized spacial score (nSPS) is 18.4. The van der Waals surface area contributed by atoms with Gasteiger partial charge in [-0.2, -0.15) is 23.1 Å². The zero-order chi connectivity index (χ0) is 32.7. The van der Waals surface area contributed by atoms with Gasteiger partial charge in [-0.05, 0) is 11.1 Å². The summed E-state index contributed by atoms with van der Waals surface area (Å²) in [6.07, 6.45) is -4.27. The third-order valence-electron chi connectivity index (χ3n) is 8.48. The van der Waals surface area contributed by atoms with Gasteiger partial charge in [0, 0.05) is 64.4 Å². The summed E-state index contributed by atoms with van der Waals surface area (Å²) in [5.41, 5.74) is 2.59. The first-order valence-electron chi connectivity index (χ1n) is 15.2. The molecule has 2 fully saturated rings. The number of halogens is 5. The smallest absolute Gasteiger partial charge is 0.422 e. The van der Waals surface area contributed by atoms with E-state index in [1.54, 1.807) is 7.11 Å². The van der Waals surface area contributed by atoms with E-state index in [0.717, 1.165) is 11.1 Å². The Balaban J connectivity index is 0.00000312. The molecule has 2 atom stereocenters. The molecule has 3 aromatic rings. The Morgan fingerprint density at radius 2 is 1.50 bits per heavy atom. The highest BCUT2D eigenvalue weighted by molar-refractivity contribution is 5.85. The second-order valence-corrected chi connectivity index (χ2v) is 11.4. The number of alkyl halides is 3. The molecule has 2 aromatic carbocycles. The molecule has 0 bridgehead atoms. The lowest BCUT2D eigenvalue weighted by molar-refractivity contribution is -0.154. The molecule has 0 unspecified atom stereocenters. The molecule has 3 heterocycles. The van der Waals surface area contributed by atoms with Gasteiger partial charge in [0.2, 0.25) is 17.7 Å². The van der Waals surface area contributed by atoms with Crippen molar-refractivity contribution >= 4 is 30.7 Å². The van der Waals surface area contributed by atoms with E-state index in [9.17, 15) is 18.0 Å². The van der Waals surface area contributed by atoms with Crippen LogP contribution in [-0.4, -0.2) is 116 Å². The number of hydrogen-bond acceptors (Lipinski definition) is 9. The van der Waals surface area contributed by atoms with E-state index in [2.05, 4.69) is 44.0 Å². The van der Waals surface area contributed by atoms with Crippen molar-refractivity contribution in [1.82, 2.24) is 24.7 Å². The maximum Gasteiger partial charge on any atom is 0.422 e. The maximum atomic E-state index is 13.2. The lowest BCUT2D eigenvalue weighted by atomic mass is 9.81. The molecule has 1 aromatic heterocycles. The Morgan fingerprint density at radius 1 is 0.875 bits per heavy atom. The molecule has 0 N–H and O–H groups in total. The minimum atomic E-state index is -4.57. The molecule has 1 amide bonds. The molecule has 5 rings (SSSR count). The minimum Gasteiger partial charge on any atom is -0.481 e. The number of benzene rings is 2. The molecule has 2 aliphatic heterocycles. The van der Waals surface area contributed by atoms with E-state index < -0.39 is 12.8 Å². The summed E-state index contributed by atoms with van der Waals surface area (Å²) in [6, 6.07) is 20.4. The average Bonchev–Trinajstić information content (AvgIpc) is 3.07. The number of aromatic nitrogens is 2. The Hall–Kier alpha value is -3.36. The average molecular weight is 717 g/mol. The molecule has 0 saturated carbocycles. The largest absolute Gasteiger partial charge is 0.481 e. The number of methoxy groups -OCH3 is 3. The summed E-state index contributed by atoms with van der Waals surface area (Å²) in [5, 5.41) is 0. The molecular formula is C33H42Cl2F3N5O5. The van der Waals surface area contributed by atoms with Crippen LogP contribution in [0.2, 0.25) is 0 Å². The molecule has 2 saturated heterocycles.